The van der Waals surface area contributed by atoms with Crippen molar-refractivity contribution in [3.8, 4) is 11.3 Å². The summed E-state index contributed by atoms with van der Waals surface area (Å²) < 4.78 is 13.7. The predicted octanol–water partition coefficient (Wildman–Crippen LogP) is 4.96. The van der Waals surface area contributed by atoms with Gasteiger partial charge in [0.1, 0.15) is 0 Å². The van der Waals surface area contributed by atoms with E-state index in [0.29, 0.717) is 12.8 Å². The van der Waals surface area contributed by atoms with E-state index in [1.54, 1.807) is 6.07 Å². The fourth-order valence-corrected chi connectivity index (χ4v) is 3.91. The zero-order valence-corrected chi connectivity index (χ0v) is 15.0. The Morgan fingerprint density at radius 3 is 2.65 bits per heavy atom. The number of aromatic amines is 1. The molecule has 2 heterocycles. The van der Waals surface area contributed by atoms with Crippen LogP contribution in [-0.4, -0.2) is 15.8 Å². The van der Waals surface area contributed by atoms with E-state index in [9.17, 15) is 9.18 Å². The number of rotatable bonds is 3. The Balaban J connectivity index is 1.89. The van der Waals surface area contributed by atoms with Gasteiger partial charge in [-0.1, -0.05) is 44.2 Å². The van der Waals surface area contributed by atoms with Crippen molar-refractivity contribution in [3.05, 3.63) is 77.0 Å². The zero-order valence-electron chi connectivity index (χ0n) is 15.0. The SMILES string of the molecule is CC1(C)CC(=O)c2c([nH]c(-c3ccnc(F)c3)c2Cc2ccccc2)C1. The zero-order chi connectivity index (χ0) is 18.3. The van der Waals surface area contributed by atoms with E-state index in [1.165, 1.54) is 12.3 Å². The molecule has 0 aliphatic heterocycles. The molecule has 0 amide bonds. The summed E-state index contributed by atoms with van der Waals surface area (Å²) in [5.74, 6) is -0.355. The standard InChI is InChI=1S/C22H21FN2O/c1-22(2)12-17-20(18(26)13-22)16(10-14-6-4-3-5-7-14)21(25-17)15-8-9-24-19(23)11-15/h3-9,11,25H,10,12-13H2,1-2H3. The molecule has 1 aromatic carbocycles. The van der Waals surface area contributed by atoms with Gasteiger partial charge in [0.05, 0.1) is 5.69 Å². The fourth-order valence-electron chi connectivity index (χ4n) is 3.91. The third-order valence-electron chi connectivity index (χ3n) is 4.99. The summed E-state index contributed by atoms with van der Waals surface area (Å²) >= 11 is 0. The first-order valence-electron chi connectivity index (χ1n) is 8.86. The monoisotopic (exact) mass is 348 g/mol. The third kappa shape index (κ3) is 3.07. The molecule has 4 heteroatoms. The van der Waals surface area contributed by atoms with Crippen molar-refractivity contribution in [2.45, 2.75) is 33.1 Å². The van der Waals surface area contributed by atoms with Crippen molar-refractivity contribution in [2.75, 3.05) is 0 Å². The lowest BCUT2D eigenvalue weighted by Gasteiger charge is -2.28. The molecule has 3 aromatic rings. The molecule has 0 radical (unpaired) electrons. The van der Waals surface area contributed by atoms with Gasteiger partial charge in [-0.15, -0.1) is 0 Å². The smallest absolute Gasteiger partial charge is 0.213 e. The maximum absolute atomic E-state index is 13.7. The molecular weight excluding hydrogens is 327 g/mol. The molecule has 0 saturated carbocycles. The Morgan fingerprint density at radius 1 is 1.15 bits per heavy atom. The lowest BCUT2D eigenvalue weighted by molar-refractivity contribution is 0.0911. The number of carbonyl (C=O) groups excluding carboxylic acids is 1. The largest absolute Gasteiger partial charge is 0.358 e. The van der Waals surface area contributed by atoms with E-state index in [-0.39, 0.29) is 11.2 Å². The van der Waals surface area contributed by atoms with E-state index in [0.717, 1.165) is 40.1 Å². The van der Waals surface area contributed by atoms with Crippen LogP contribution in [0.5, 0.6) is 0 Å². The molecule has 0 atom stereocenters. The van der Waals surface area contributed by atoms with E-state index >= 15 is 0 Å². The van der Waals surface area contributed by atoms with Crippen LogP contribution in [-0.2, 0) is 12.8 Å². The summed E-state index contributed by atoms with van der Waals surface area (Å²) in [6, 6.07) is 13.3. The minimum absolute atomic E-state index is 0.0697. The average Bonchev–Trinajstić information content (AvgIpc) is 2.93. The minimum atomic E-state index is -0.521. The first kappa shape index (κ1) is 16.7. The first-order valence-corrected chi connectivity index (χ1v) is 8.86. The second-order valence-electron chi connectivity index (χ2n) is 7.80. The molecule has 132 valence electrons. The minimum Gasteiger partial charge on any atom is -0.358 e. The van der Waals surface area contributed by atoms with Crippen molar-refractivity contribution in [2.24, 2.45) is 5.41 Å². The van der Waals surface area contributed by atoms with Crippen molar-refractivity contribution >= 4 is 5.78 Å². The van der Waals surface area contributed by atoms with Crippen LogP contribution in [0.2, 0.25) is 0 Å². The van der Waals surface area contributed by atoms with Gasteiger partial charge in [-0.25, -0.2) is 4.98 Å². The molecule has 3 nitrogen and oxygen atoms in total. The summed E-state index contributed by atoms with van der Waals surface area (Å²) in [4.78, 5) is 20.0. The van der Waals surface area contributed by atoms with E-state index in [4.69, 9.17) is 0 Å². The number of carbonyl (C=O) groups is 1. The number of fused-ring (bicyclic) bond motifs is 1. The van der Waals surface area contributed by atoms with Crippen molar-refractivity contribution in [1.82, 2.24) is 9.97 Å². The highest BCUT2D eigenvalue weighted by Gasteiger charge is 2.35. The lowest BCUT2D eigenvalue weighted by atomic mass is 9.75. The first-order chi connectivity index (χ1) is 12.4. The molecule has 0 fully saturated rings. The number of ketones is 1. The summed E-state index contributed by atoms with van der Waals surface area (Å²) in [5.41, 5.74) is 5.32. The third-order valence-corrected chi connectivity index (χ3v) is 4.99. The molecule has 1 N–H and O–H groups in total. The molecule has 0 unspecified atom stereocenters. The molecule has 4 rings (SSSR count). The highest BCUT2D eigenvalue weighted by molar-refractivity contribution is 6.02. The van der Waals surface area contributed by atoms with Gasteiger partial charge >= 0.3 is 0 Å². The molecule has 2 aromatic heterocycles. The highest BCUT2D eigenvalue weighted by Crippen LogP contribution is 2.40. The van der Waals surface area contributed by atoms with Gasteiger partial charge in [0, 0.05) is 41.9 Å². The molecule has 0 saturated heterocycles. The van der Waals surface area contributed by atoms with Gasteiger partial charge in [-0.3, -0.25) is 4.79 Å². The Labute approximate surface area is 152 Å². The number of hydrogen-bond donors (Lipinski definition) is 1. The van der Waals surface area contributed by atoms with Crippen molar-refractivity contribution in [1.29, 1.82) is 0 Å². The van der Waals surface area contributed by atoms with Crippen LogP contribution in [0.25, 0.3) is 11.3 Å². The molecule has 0 bridgehead atoms. The Hall–Kier alpha value is -2.75. The summed E-state index contributed by atoms with van der Waals surface area (Å²) in [6.45, 7) is 4.22. The maximum Gasteiger partial charge on any atom is 0.213 e. The van der Waals surface area contributed by atoms with E-state index in [2.05, 4.69) is 23.8 Å². The number of pyridine rings is 1. The van der Waals surface area contributed by atoms with E-state index in [1.807, 2.05) is 30.3 Å². The summed E-state index contributed by atoms with van der Waals surface area (Å²) in [5, 5.41) is 0. The number of Topliss-reactive ketones (excluding diaryl/α,β-unsaturated/α-hetero) is 1. The van der Waals surface area contributed by atoms with Gasteiger partial charge in [0.2, 0.25) is 5.95 Å². The average molecular weight is 348 g/mol. The van der Waals surface area contributed by atoms with Crippen LogP contribution in [0.3, 0.4) is 0 Å². The number of nitrogens with one attached hydrogen (secondary N) is 1. The van der Waals surface area contributed by atoms with Crippen LogP contribution >= 0.6 is 0 Å². The van der Waals surface area contributed by atoms with Crippen LogP contribution in [0.4, 0.5) is 4.39 Å². The quantitative estimate of drug-likeness (QED) is 0.680. The molecular formula is C22H21FN2O. The topological polar surface area (TPSA) is 45.8 Å². The van der Waals surface area contributed by atoms with Gasteiger partial charge in [-0.2, -0.15) is 4.39 Å². The van der Waals surface area contributed by atoms with Crippen LogP contribution in [0.1, 0.15) is 47.4 Å². The highest BCUT2D eigenvalue weighted by atomic mass is 19.1. The molecule has 1 aliphatic rings. The molecule has 1 aliphatic carbocycles. The number of benzene rings is 1. The number of hydrogen-bond acceptors (Lipinski definition) is 2. The van der Waals surface area contributed by atoms with Gasteiger partial charge < -0.3 is 4.98 Å². The van der Waals surface area contributed by atoms with Crippen molar-refractivity contribution < 1.29 is 9.18 Å². The molecule has 26 heavy (non-hydrogen) atoms. The predicted molar refractivity (Wildman–Crippen MR) is 99.7 cm³/mol. The lowest BCUT2D eigenvalue weighted by Crippen LogP contribution is -2.27. The Bertz CT molecular complexity index is 973. The number of nitrogens with zero attached hydrogens (tertiary/aromatic N) is 1. The van der Waals surface area contributed by atoms with Crippen LogP contribution < -0.4 is 0 Å². The summed E-state index contributed by atoms with van der Waals surface area (Å²) in [7, 11) is 0. The second kappa shape index (κ2) is 6.20. The molecule has 0 spiro atoms. The van der Waals surface area contributed by atoms with Gasteiger partial charge in [0.25, 0.3) is 0 Å². The Kier molecular flexibility index (Phi) is 3.98. The Morgan fingerprint density at radius 2 is 1.92 bits per heavy atom. The summed E-state index contributed by atoms with van der Waals surface area (Å²) in [6.07, 6.45) is 3.44. The van der Waals surface area contributed by atoms with Crippen LogP contribution in [0.15, 0.2) is 48.7 Å². The van der Waals surface area contributed by atoms with Gasteiger partial charge in [-0.05, 0) is 29.0 Å². The number of H-pyrrole nitrogens is 1. The maximum atomic E-state index is 13.7. The fraction of sp³-hybridized carbons (Fsp3) is 0.273. The normalized spacial score (nSPS) is 15.7. The van der Waals surface area contributed by atoms with Gasteiger partial charge in [0.15, 0.2) is 5.78 Å². The number of aromatic nitrogens is 2. The van der Waals surface area contributed by atoms with E-state index < -0.39 is 5.95 Å². The second-order valence-corrected chi connectivity index (χ2v) is 7.80. The van der Waals surface area contributed by atoms with Crippen molar-refractivity contribution in [3.63, 3.8) is 0 Å². The van der Waals surface area contributed by atoms with Crippen LogP contribution in [0, 0.1) is 11.4 Å². The number of halogens is 1.